The number of fused-ring (bicyclic) bond motifs is 7. The molecule has 45 heavy (non-hydrogen) atoms. The Labute approximate surface area is 273 Å². The molecule has 6 rings (SSSR count). The Morgan fingerprint density at radius 3 is 2.18 bits per heavy atom. The Morgan fingerprint density at radius 1 is 0.844 bits per heavy atom. The molecular weight excluding hydrogens is 580 g/mol. The van der Waals surface area contributed by atoms with Crippen molar-refractivity contribution in [2.75, 3.05) is 6.61 Å². The second-order valence-electron chi connectivity index (χ2n) is 17.5. The van der Waals surface area contributed by atoms with Gasteiger partial charge >= 0.3 is 5.97 Å². The number of carbonyl (C=O) groups excluding carboxylic acids is 1. The van der Waals surface area contributed by atoms with Crippen LogP contribution in [0.3, 0.4) is 0 Å². The minimum atomic E-state index is -3.83. The summed E-state index contributed by atoms with van der Waals surface area (Å²) >= 11 is 0. The number of aryl methyl sites for hydroxylation is 1. The Balaban J connectivity index is 1.31. The lowest BCUT2D eigenvalue weighted by atomic mass is 9.32. The van der Waals surface area contributed by atoms with Gasteiger partial charge in [-0.1, -0.05) is 64.5 Å². The van der Waals surface area contributed by atoms with Gasteiger partial charge in [0, 0.05) is 12.3 Å². The van der Waals surface area contributed by atoms with E-state index < -0.39 is 10.1 Å². The van der Waals surface area contributed by atoms with E-state index in [1.165, 1.54) is 31.3 Å². The zero-order valence-electron chi connectivity index (χ0n) is 29.2. The van der Waals surface area contributed by atoms with Crippen molar-refractivity contribution < 1.29 is 22.1 Å². The molecule has 1 aromatic carbocycles. The minimum absolute atomic E-state index is 0.00865. The average molecular weight is 639 g/mol. The van der Waals surface area contributed by atoms with Crippen LogP contribution in [0.4, 0.5) is 0 Å². The molecule has 5 nitrogen and oxygen atoms in total. The molecular formula is C39H58O5S. The van der Waals surface area contributed by atoms with Crippen LogP contribution in [0.1, 0.15) is 118 Å². The Hall–Kier alpha value is -1.66. The fraction of sp³-hybridized carbons (Fsp3) is 0.769. The number of hydrogen-bond donors (Lipinski definition) is 0. The molecule has 0 bridgehead atoms. The summed E-state index contributed by atoms with van der Waals surface area (Å²) in [6.45, 7) is 23.0. The van der Waals surface area contributed by atoms with Crippen LogP contribution < -0.4 is 0 Å². The molecule has 0 amide bonds. The number of benzene rings is 1. The lowest BCUT2D eigenvalue weighted by Gasteiger charge is -2.73. The third kappa shape index (κ3) is 4.92. The van der Waals surface area contributed by atoms with Gasteiger partial charge in [0.2, 0.25) is 0 Å². The molecule has 6 heteroatoms. The summed E-state index contributed by atoms with van der Waals surface area (Å²) < 4.78 is 38.8. The number of ether oxygens (including phenoxy) is 1. The molecule has 0 N–H and O–H groups in total. The maximum Gasteiger partial charge on any atom is 0.302 e. The summed E-state index contributed by atoms with van der Waals surface area (Å²) in [6, 6.07) is 7.02. The summed E-state index contributed by atoms with van der Waals surface area (Å²) in [5, 5.41) is 0. The molecule has 250 valence electrons. The third-order valence-corrected chi connectivity index (χ3v) is 16.6. The van der Waals surface area contributed by atoms with Gasteiger partial charge in [0.1, 0.15) is 6.10 Å². The first kappa shape index (κ1) is 33.2. The van der Waals surface area contributed by atoms with Crippen molar-refractivity contribution in [3.63, 3.8) is 0 Å². The van der Waals surface area contributed by atoms with Crippen molar-refractivity contribution in [3.8, 4) is 0 Å². The van der Waals surface area contributed by atoms with Crippen molar-refractivity contribution >= 4 is 16.1 Å². The van der Waals surface area contributed by atoms with Crippen LogP contribution in [0.25, 0.3) is 0 Å². The summed E-state index contributed by atoms with van der Waals surface area (Å²) in [7, 11) is -3.83. The summed E-state index contributed by atoms with van der Waals surface area (Å²) in [5.74, 6) is 2.31. The standard InChI is InChI=1S/C39H58O5S/c1-25(2)29-16-21-39(24-43-45(41,42)28-12-10-26(3)11-13-28)23-22-37(8)30(34(29)39)14-15-32-36(7)19-18-33(44-27(4)40)35(5,6)31(36)17-20-38(32,37)9/h10-13,29-34H,1,14-24H2,2-9H3. The number of allylic oxidation sites excluding steroid dienone is 1. The van der Waals surface area contributed by atoms with Gasteiger partial charge in [-0.25, -0.2) is 0 Å². The van der Waals surface area contributed by atoms with Crippen LogP contribution in [-0.4, -0.2) is 27.1 Å². The smallest absolute Gasteiger partial charge is 0.302 e. The van der Waals surface area contributed by atoms with Gasteiger partial charge in [-0.2, -0.15) is 8.42 Å². The quantitative estimate of drug-likeness (QED) is 0.176. The first-order valence-electron chi connectivity index (χ1n) is 17.7. The zero-order valence-corrected chi connectivity index (χ0v) is 30.0. The summed E-state index contributed by atoms with van der Waals surface area (Å²) in [6.07, 6.45) is 11.1. The van der Waals surface area contributed by atoms with Crippen molar-refractivity contribution in [1.29, 1.82) is 0 Å². The molecule has 5 fully saturated rings. The summed E-state index contributed by atoms with van der Waals surface area (Å²) in [4.78, 5) is 12.3. The topological polar surface area (TPSA) is 69.7 Å². The number of carbonyl (C=O) groups is 1. The van der Waals surface area contributed by atoms with Crippen LogP contribution in [-0.2, 0) is 23.8 Å². The first-order chi connectivity index (χ1) is 20.9. The number of hydrogen-bond acceptors (Lipinski definition) is 5. The van der Waals surface area contributed by atoms with E-state index in [2.05, 4.69) is 48.1 Å². The fourth-order valence-electron chi connectivity index (χ4n) is 12.9. The highest BCUT2D eigenvalue weighted by Gasteiger charge is 2.71. The maximum absolute atomic E-state index is 13.4. The monoisotopic (exact) mass is 638 g/mol. The summed E-state index contributed by atoms with van der Waals surface area (Å²) in [5.41, 5.74) is 2.69. The zero-order chi connectivity index (χ0) is 32.8. The second-order valence-corrected chi connectivity index (χ2v) is 19.2. The van der Waals surface area contributed by atoms with E-state index in [1.54, 1.807) is 19.1 Å². The van der Waals surface area contributed by atoms with Crippen LogP contribution in [0.15, 0.2) is 41.3 Å². The van der Waals surface area contributed by atoms with Crippen LogP contribution in [0.2, 0.25) is 0 Å². The van der Waals surface area contributed by atoms with Crippen molar-refractivity contribution in [3.05, 3.63) is 42.0 Å². The first-order valence-corrected chi connectivity index (χ1v) is 19.1. The molecule has 0 heterocycles. The highest BCUT2D eigenvalue weighted by molar-refractivity contribution is 7.86. The maximum atomic E-state index is 13.4. The van der Waals surface area contributed by atoms with Gasteiger partial charge < -0.3 is 4.74 Å². The van der Waals surface area contributed by atoms with Gasteiger partial charge in [-0.3, -0.25) is 8.98 Å². The van der Waals surface area contributed by atoms with Crippen LogP contribution in [0.5, 0.6) is 0 Å². The van der Waals surface area contributed by atoms with Crippen molar-refractivity contribution in [1.82, 2.24) is 0 Å². The third-order valence-electron chi connectivity index (χ3n) is 15.3. The van der Waals surface area contributed by atoms with E-state index in [0.29, 0.717) is 29.6 Å². The molecule has 0 aromatic heterocycles. The van der Waals surface area contributed by atoms with E-state index in [-0.39, 0.29) is 50.7 Å². The second kappa shape index (κ2) is 10.9. The Bertz CT molecular complexity index is 1450. The van der Waals surface area contributed by atoms with Gasteiger partial charge in [0.25, 0.3) is 10.1 Å². The molecule has 10 unspecified atom stereocenters. The predicted octanol–water partition coefficient (Wildman–Crippen LogP) is 9.29. The molecule has 0 radical (unpaired) electrons. The number of esters is 1. The lowest BCUT2D eigenvalue weighted by molar-refractivity contribution is -0.251. The molecule has 0 spiro atoms. The van der Waals surface area contributed by atoms with Crippen LogP contribution >= 0.6 is 0 Å². The molecule has 1 aromatic rings. The molecule has 10 atom stereocenters. The van der Waals surface area contributed by atoms with E-state index in [1.807, 2.05) is 19.1 Å². The average Bonchev–Trinajstić information content (AvgIpc) is 3.34. The van der Waals surface area contributed by atoms with Crippen LogP contribution in [0, 0.1) is 63.6 Å². The van der Waals surface area contributed by atoms with Crippen molar-refractivity contribution in [2.24, 2.45) is 56.7 Å². The van der Waals surface area contributed by atoms with Gasteiger partial charge in [0.15, 0.2) is 0 Å². The minimum Gasteiger partial charge on any atom is -0.462 e. The fourth-order valence-corrected chi connectivity index (χ4v) is 13.9. The largest absolute Gasteiger partial charge is 0.462 e. The van der Waals surface area contributed by atoms with E-state index in [4.69, 9.17) is 8.92 Å². The molecule has 0 saturated heterocycles. The predicted molar refractivity (Wildman–Crippen MR) is 179 cm³/mol. The highest BCUT2D eigenvalue weighted by Crippen LogP contribution is 2.77. The normalized spacial score (nSPS) is 43.7. The Kier molecular flexibility index (Phi) is 8.08. The molecule has 5 aliphatic carbocycles. The molecule has 0 aliphatic heterocycles. The van der Waals surface area contributed by atoms with E-state index >= 15 is 0 Å². The van der Waals surface area contributed by atoms with Gasteiger partial charge in [-0.05, 0) is 141 Å². The SMILES string of the molecule is C=C(C)C1CCC2(COS(=O)(=O)c3ccc(C)cc3)CCC3(C)C(CCC4C5(C)CCC(OC(C)=O)C(C)(C)C5CCC43C)C12. The number of rotatable bonds is 6. The Morgan fingerprint density at radius 2 is 1.53 bits per heavy atom. The lowest BCUT2D eigenvalue weighted by Crippen LogP contribution is -2.67. The van der Waals surface area contributed by atoms with E-state index in [9.17, 15) is 13.2 Å². The molecule has 5 saturated carbocycles. The van der Waals surface area contributed by atoms with Crippen molar-refractivity contribution in [2.45, 2.75) is 131 Å². The molecule has 5 aliphatic rings. The van der Waals surface area contributed by atoms with Gasteiger partial charge in [0.05, 0.1) is 11.5 Å². The highest BCUT2D eigenvalue weighted by atomic mass is 32.2. The van der Waals surface area contributed by atoms with E-state index in [0.717, 1.165) is 44.1 Å². The van der Waals surface area contributed by atoms with Gasteiger partial charge in [-0.15, -0.1) is 0 Å².